The van der Waals surface area contributed by atoms with Gasteiger partial charge in [-0.15, -0.1) is 12.4 Å². The molecule has 1 aromatic heterocycles. The van der Waals surface area contributed by atoms with E-state index in [1.165, 1.54) is 0 Å². The minimum Gasteiger partial charge on any atom is -0.338 e. The van der Waals surface area contributed by atoms with E-state index in [4.69, 9.17) is 11.6 Å². The first-order chi connectivity index (χ1) is 11.5. The first kappa shape index (κ1) is 18.3. The number of aryl methyl sites for hydroxylation is 1. The molecule has 0 spiro atoms. The van der Waals surface area contributed by atoms with E-state index in [1.807, 2.05) is 49.1 Å². The van der Waals surface area contributed by atoms with Crippen LogP contribution in [0.25, 0.3) is 5.69 Å². The highest BCUT2D eigenvalue weighted by Crippen LogP contribution is 2.29. The van der Waals surface area contributed by atoms with Crippen LogP contribution >= 0.6 is 24.0 Å². The van der Waals surface area contributed by atoms with E-state index in [2.05, 4.69) is 9.88 Å². The van der Waals surface area contributed by atoms with E-state index in [0.29, 0.717) is 16.9 Å². The molecule has 2 aliphatic heterocycles. The lowest BCUT2D eigenvalue weighted by atomic mass is 10.0. The molecule has 2 aliphatic rings. The molecule has 2 saturated heterocycles. The number of carbonyl (C=O) groups is 1. The van der Waals surface area contributed by atoms with Gasteiger partial charge in [-0.1, -0.05) is 17.7 Å². The molecule has 134 valence electrons. The molecule has 1 aromatic carbocycles. The monoisotopic (exact) mass is 379 g/mol. The van der Waals surface area contributed by atoms with Crippen molar-refractivity contribution in [1.29, 1.82) is 0 Å². The number of likely N-dealkylation sites (tertiary alicyclic amines) is 1. The van der Waals surface area contributed by atoms with Crippen molar-refractivity contribution in [3.05, 3.63) is 52.3 Å². The predicted octanol–water partition coefficient (Wildman–Crippen LogP) is 3.46. The molecule has 1 amide bonds. The number of nitrogens with zero attached hydrogens (tertiary/aromatic N) is 2. The van der Waals surface area contributed by atoms with Gasteiger partial charge >= 0.3 is 0 Å². The predicted molar refractivity (Wildman–Crippen MR) is 103 cm³/mol. The summed E-state index contributed by atoms with van der Waals surface area (Å²) >= 11 is 6.13. The zero-order valence-electron chi connectivity index (χ0n) is 14.5. The topological polar surface area (TPSA) is 37.3 Å². The van der Waals surface area contributed by atoms with E-state index in [-0.39, 0.29) is 18.3 Å². The molecule has 0 bridgehead atoms. The van der Waals surface area contributed by atoms with Gasteiger partial charge < -0.3 is 14.8 Å². The molecular weight excluding hydrogens is 357 g/mol. The van der Waals surface area contributed by atoms with E-state index in [0.717, 1.165) is 48.8 Å². The maximum atomic E-state index is 13.0. The third-order valence-electron chi connectivity index (χ3n) is 5.40. The molecule has 0 unspecified atom stereocenters. The smallest absolute Gasteiger partial charge is 0.255 e. The zero-order chi connectivity index (χ0) is 16.8. The van der Waals surface area contributed by atoms with Crippen LogP contribution < -0.4 is 5.32 Å². The molecule has 6 heteroatoms. The quantitative estimate of drug-likeness (QED) is 0.867. The average molecular weight is 380 g/mol. The summed E-state index contributed by atoms with van der Waals surface area (Å²) in [6, 6.07) is 9.76. The molecule has 0 aliphatic carbocycles. The standard InChI is InChI=1S/C19H22ClN3O.ClH/c1-12-6-18(13(2)23(12)17-5-3-4-16(20)7-17)19(24)22-10-14-8-21-9-15(14)11-22;/h3-7,14-15,21H,8-11H2,1-2H3;1H/t14-,15+;. The minimum absolute atomic E-state index is 0. The fourth-order valence-electron chi connectivity index (χ4n) is 4.18. The van der Waals surface area contributed by atoms with Gasteiger partial charge in [-0.05, 0) is 49.9 Å². The van der Waals surface area contributed by atoms with Crippen LogP contribution in [0, 0.1) is 25.7 Å². The third kappa shape index (κ3) is 3.19. The van der Waals surface area contributed by atoms with Crippen LogP contribution in [0.5, 0.6) is 0 Å². The summed E-state index contributed by atoms with van der Waals surface area (Å²) in [6.45, 7) is 7.87. The molecular formula is C19H23Cl2N3O. The highest BCUT2D eigenvalue weighted by molar-refractivity contribution is 6.30. The van der Waals surface area contributed by atoms with Crippen LogP contribution in [0.4, 0.5) is 0 Å². The fourth-order valence-corrected chi connectivity index (χ4v) is 4.37. The Hall–Kier alpha value is -1.49. The third-order valence-corrected chi connectivity index (χ3v) is 5.64. The van der Waals surface area contributed by atoms with Crippen molar-refractivity contribution >= 4 is 29.9 Å². The van der Waals surface area contributed by atoms with Crippen molar-refractivity contribution < 1.29 is 4.79 Å². The molecule has 0 saturated carbocycles. The number of amides is 1. The number of rotatable bonds is 2. The summed E-state index contributed by atoms with van der Waals surface area (Å²) in [4.78, 5) is 15.1. The maximum absolute atomic E-state index is 13.0. The van der Waals surface area contributed by atoms with Crippen LogP contribution in [0.2, 0.25) is 5.02 Å². The van der Waals surface area contributed by atoms with Gasteiger partial charge in [0.25, 0.3) is 5.91 Å². The molecule has 4 nitrogen and oxygen atoms in total. The Labute approximate surface area is 159 Å². The number of benzene rings is 1. The van der Waals surface area contributed by atoms with Crippen LogP contribution in [-0.2, 0) is 0 Å². The van der Waals surface area contributed by atoms with Crippen molar-refractivity contribution in [2.75, 3.05) is 26.2 Å². The first-order valence-corrected chi connectivity index (χ1v) is 8.87. The molecule has 1 N–H and O–H groups in total. The second-order valence-electron chi connectivity index (χ2n) is 6.99. The second kappa shape index (κ2) is 7.02. The van der Waals surface area contributed by atoms with E-state index in [1.54, 1.807) is 0 Å². The summed E-state index contributed by atoms with van der Waals surface area (Å²) in [6.07, 6.45) is 0. The number of hydrogen-bond acceptors (Lipinski definition) is 2. The number of nitrogens with one attached hydrogen (secondary N) is 1. The van der Waals surface area contributed by atoms with Gasteiger partial charge in [-0.3, -0.25) is 4.79 Å². The zero-order valence-corrected chi connectivity index (χ0v) is 16.0. The highest BCUT2D eigenvalue weighted by Gasteiger charge is 2.38. The Bertz CT molecular complexity index is 790. The van der Waals surface area contributed by atoms with Gasteiger partial charge in [0.15, 0.2) is 0 Å². The highest BCUT2D eigenvalue weighted by atomic mass is 35.5. The van der Waals surface area contributed by atoms with Crippen molar-refractivity contribution in [3.63, 3.8) is 0 Å². The maximum Gasteiger partial charge on any atom is 0.255 e. The average Bonchev–Trinajstić information content (AvgIpc) is 3.20. The largest absolute Gasteiger partial charge is 0.338 e. The van der Waals surface area contributed by atoms with Crippen LogP contribution in [0.15, 0.2) is 30.3 Å². The number of aromatic nitrogens is 1. The molecule has 0 radical (unpaired) electrons. The number of fused-ring (bicyclic) bond motifs is 1. The van der Waals surface area contributed by atoms with Gasteiger partial charge in [0.1, 0.15) is 0 Å². The van der Waals surface area contributed by atoms with Gasteiger partial charge in [0.05, 0.1) is 5.56 Å². The van der Waals surface area contributed by atoms with Crippen LogP contribution in [-0.4, -0.2) is 41.6 Å². The minimum atomic E-state index is 0. The molecule has 4 rings (SSSR count). The van der Waals surface area contributed by atoms with Gasteiger partial charge in [0.2, 0.25) is 0 Å². The lowest BCUT2D eigenvalue weighted by Crippen LogP contribution is -2.32. The molecule has 2 fully saturated rings. The number of hydrogen-bond donors (Lipinski definition) is 1. The van der Waals surface area contributed by atoms with Gasteiger partial charge in [-0.25, -0.2) is 0 Å². The van der Waals surface area contributed by atoms with Crippen molar-refractivity contribution in [3.8, 4) is 5.69 Å². The van der Waals surface area contributed by atoms with E-state index in [9.17, 15) is 4.79 Å². The Morgan fingerprint density at radius 1 is 1.16 bits per heavy atom. The Kier molecular flexibility index (Phi) is 5.14. The first-order valence-electron chi connectivity index (χ1n) is 8.49. The van der Waals surface area contributed by atoms with Gasteiger partial charge in [0, 0.05) is 48.3 Å². The summed E-state index contributed by atoms with van der Waals surface area (Å²) in [5, 5.41) is 4.12. The van der Waals surface area contributed by atoms with E-state index >= 15 is 0 Å². The van der Waals surface area contributed by atoms with Crippen LogP contribution in [0.1, 0.15) is 21.7 Å². The van der Waals surface area contributed by atoms with Crippen molar-refractivity contribution in [1.82, 2.24) is 14.8 Å². The summed E-state index contributed by atoms with van der Waals surface area (Å²) in [5.41, 5.74) is 3.84. The summed E-state index contributed by atoms with van der Waals surface area (Å²) in [5.74, 6) is 1.39. The van der Waals surface area contributed by atoms with Crippen LogP contribution in [0.3, 0.4) is 0 Å². The Balaban J connectivity index is 0.00000182. The molecule has 25 heavy (non-hydrogen) atoms. The Morgan fingerprint density at radius 2 is 1.84 bits per heavy atom. The molecule has 2 aromatic rings. The number of carbonyl (C=O) groups excluding carboxylic acids is 1. The van der Waals surface area contributed by atoms with Gasteiger partial charge in [-0.2, -0.15) is 0 Å². The number of halogens is 2. The van der Waals surface area contributed by atoms with Crippen molar-refractivity contribution in [2.45, 2.75) is 13.8 Å². The Morgan fingerprint density at radius 3 is 2.48 bits per heavy atom. The second-order valence-corrected chi connectivity index (χ2v) is 7.43. The fraction of sp³-hybridized carbons (Fsp3) is 0.421. The normalized spacial score (nSPS) is 22.0. The lowest BCUT2D eigenvalue weighted by molar-refractivity contribution is 0.0781. The van der Waals surface area contributed by atoms with E-state index < -0.39 is 0 Å². The molecule has 3 heterocycles. The lowest BCUT2D eigenvalue weighted by Gasteiger charge is -2.18. The molecule has 2 atom stereocenters. The summed E-state index contributed by atoms with van der Waals surface area (Å²) < 4.78 is 2.11. The SMILES string of the molecule is Cc1cc(C(=O)N2C[C@H]3CNC[C@H]3C2)c(C)n1-c1cccc(Cl)c1.Cl. The van der Waals surface area contributed by atoms with Crippen molar-refractivity contribution in [2.24, 2.45) is 11.8 Å². The summed E-state index contributed by atoms with van der Waals surface area (Å²) in [7, 11) is 0.